The molecule has 1 unspecified atom stereocenters. The molecular formula is C29H27FN2O3. The van der Waals surface area contributed by atoms with E-state index in [1.165, 1.54) is 23.1 Å². The molecule has 0 saturated carbocycles. The molecule has 0 N–H and O–H groups in total. The molecule has 1 saturated heterocycles. The molecule has 5 rings (SSSR count). The summed E-state index contributed by atoms with van der Waals surface area (Å²) in [5.41, 5.74) is 2.68. The van der Waals surface area contributed by atoms with Crippen molar-refractivity contribution in [1.29, 1.82) is 0 Å². The first-order chi connectivity index (χ1) is 17.2. The molecule has 1 aliphatic heterocycles. The summed E-state index contributed by atoms with van der Waals surface area (Å²) in [5, 5.41) is 2.31. The van der Waals surface area contributed by atoms with E-state index in [-0.39, 0.29) is 17.6 Å². The van der Waals surface area contributed by atoms with Crippen molar-refractivity contribution in [2.75, 3.05) is 26.3 Å². The van der Waals surface area contributed by atoms with Crippen molar-refractivity contribution >= 4 is 16.7 Å². The Balaban J connectivity index is 1.27. The van der Waals surface area contributed by atoms with Gasteiger partial charge in [0.2, 0.25) is 0 Å². The summed E-state index contributed by atoms with van der Waals surface area (Å²) < 4.78 is 24.8. The molecule has 5 nitrogen and oxygen atoms in total. The van der Waals surface area contributed by atoms with Crippen LogP contribution in [-0.2, 0) is 17.8 Å². The van der Waals surface area contributed by atoms with Gasteiger partial charge in [-0.3, -0.25) is 9.78 Å². The number of ether oxygens (including phenoxy) is 2. The number of carbonyl (C=O) groups is 1. The highest BCUT2D eigenvalue weighted by atomic mass is 19.1. The first-order valence-corrected chi connectivity index (χ1v) is 11.8. The minimum absolute atomic E-state index is 0.0325. The molecule has 1 aromatic heterocycles. The number of amides is 1. The third kappa shape index (κ3) is 5.66. The summed E-state index contributed by atoms with van der Waals surface area (Å²) in [5.74, 6) is 0.485. The molecule has 0 bridgehead atoms. The number of carbonyl (C=O) groups excluding carboxylic acids is 1. The van der Waals surface area contributed by atoms with Crippen LogP contribution in [0.3, 0.4) is 0 Å². The van der Waals surface area contributed by atoms with Crippen LogP contribution in [0.4, 0.5) is 4.39 Å². The van der Waals surface area contributed by atoms with Gasteiger partial charge in [-0.05, 0) is 59.3 Å². The minimum atomic E-state index is -0.279. The topological polar surface area (TPSA) is 51.7 Å². The monoisotopic (exact) mass is 470 g/mol. The average molecular weight is 471 g/mol. The van der Waals surface area contributed by atoms with Gasteiger partial charge in [-0.1, -0.05) is 36.4 Å². The van der Waals surface area contributed by atoms with Gasteiger partial charge in [0.05, 0.1) is 13.2 Å². The molecule has 1 fully saturated rings. The molecule has 2 heterocycles. The number of pyridine rings is 1. The summed E-state index contributed by atoms with van der Waals surface area (Å²) in [7, 11) is 0. The molecule has 4 aromatic rings. The maximum atomic E-state index is 13.4. The minimum Gasteiger partial charge on any atom is -0.489 e. The van der Waals surface area contributed by atoms with E-state index >= 15 is 0 Å². The van der Waals surface area contributed by atoms with Gasteiger partial charge in [0.25, 0.3) is 5.91 Å². The van der Waals surface area contributed by atoms with E-state index < -0.39 is 0 Å². The van der Waals surface area contributed by atoms with E-state index in [2.05, 4.69) is 23.2 Å². The number of hydrogen-bond donors (Lipinski definition) is 0. The Morgan fingerprint density at radius 3 is 2.83 bits per heavy atom. The van der Waals surface area contributed by atoms with Crippen LogP contribution in [0.1, 0.15) is 21.5 Å². The molecule has 0 spiro atoms. The Hall–Kier alpha value is -3.77. The van der Waals surface area contributed by atoms with Gasteiger partial charge >= 0.3 is 0 Å². The number of rotatable bonds is 6. The first-order valence-electron chi connectivity index (χ1n) is 11.8. The number of benzene rings is 3. The smallest absolute Gasteiger partial charge is 0.254 e. The number of nitrogens with zero attached hydrogens (tertiary/aromatic N) is 2. The fraction of sp³-hybridized carbons (Fsp3) is 0.241. The van der Waals surface area contributed by atoms with Gasteiger partial charge in [0.1, 0.15) is 18.2 Å². The van der Waals surface area contributed by atoms with Crippen LogP contribution in [0.2, 0.25) is 0 Å². The lowest BCUT2D eigenvalue weighted by Crippen LogP contribution is -2.36. The molecule has 178 valence electrons. The molecule has 6 heteroatoms. The van der Waals surface area contributed by atoms with Crippen molar-refractivity contribution in [1.82, 2.24) is 9.88 Å². The molecule has 1 aliphatic rings. The van der Waals surface area contributed by atoms with Crippen molar-refractivity contribution in [3.63, 3.8) is 0 Å². The van der Waals surface area contributed by atoms with Crippen molar-refractivity contribution in [2.45, 2.75) is 13.0 Å². The fourth-order valence-corrected chi connectivity index (χ4v) is 4.52. The van der Waals surface area contributed by atoms with Crippen LogP contribution in [0.15, 0.2) is 85.2 Å². The van der Waals surface area contributed by atoms with E-state index in [0.717, 1.165) is 17.4 Å². The normalized spacial score (nSPS) is 16.1. The van der Waals surface area contributed by atoms with Gasteiger partial charge in [-0.25, -0.2) is 4.39 Å². The third-order valence-electron chi connectivity index (χ3n) is 6.30. The quantitative estimate of drug-likeness (QED) is 0.385. The summed E-state index contributed by atoms with van der Waals surface area (Å²) in [6.07, 6.45) is 4.52. The lowest BCUT2D eigenvalue weighted by Gasteiger charge is -2.24. The Morgan fingerprint density at radius 2 is 1.94 bits per heavy atom. The highest BCUT2D eigenvalue weighted by Crippen LogP contribution is 2.23. The molecule has 1 atom stereocenters. The molecular weight excluding hydrogens is 443 g/mol. The maximum Gasteiger partial charge on any atom is 0.254 e. The highest BCUT2D eigenvalue weighted by molar-refractivity contribution is 5.94. The van der Waals surface area contributed by atoms with Crippen molar-refractivity contribution in [3.8, 4) is 5.75 Å². The van der Waals surface area contributed by atoms with Crippen LogP contribution < -0.4 is 4.74 Å². The van der Waals surface area contributed by atoms with E-state index in [1.807, 2.05) is 41.6 Å². The lowest BCUT2D eigenvalue weighted by atomic mass is 9.95. The predicted molar refractivity (Wildman–Crippen MR) is 133 cm³/mol. The molecule has 35 heavy (non-hydrogen) atoms. The van der Waals surface area contributed by atoms with Gasteiger partial charge in [0.15, 0.2) is 0 Å². The fourth-order valence-electron chi connectivity index (χ4n) is 4.52. The maximum absolute atomic E-state index is 13.4. The van der Waals surface area contributed by atoms with Crippen LogP contribution in [0.25, 0.3) is 10.8 Å². The molecule has 0 aliphatic carbocycles. The Labute approximate surface area is 204 Å². The second-order valence-electron chi connectivity index (χ2n) is 8.85. The molecule has 1 amide bonds. The summed E-state index contributed by atoms with van der Waals surface area (Å²) in [6, 6.07) is 21.7. The first kappa shape index (κ1) is 23.0. The second-order valence-corrected chi connectivity index (χ2v) is 8.85. The number of halogens is 1. The predicted octanol–water partition coefficient (Wildman–Crippen LogP) is 5.28. The largest absolute Gasteiger partial charge is 0.489 e. The van der Waals surface area contributed by atoms with E-state index in [1.54, 1.807) is 18.2 Å². The van der Waals surface area contributed by atoms with Crippen LogP contribution >= 0.6 is 0 Å². The Morgan fingerprint density at radius 1 is 1.09 bits per heavy atom. The highest BCUT2D eigenvalue weighted by Gasteiger charge is 2.24. The summed E-state index contributed by atoms with van der Waals surface area (Å²) >= 11 is 0. The van der Waals surface area contributed by atoms with Crippen molar-refractivity contribution < 1.29 is 18.7 Å². The van der Waals surface area contributed by atoms with Gasteiger partial charge in [0, 0.05) is 42.4 Å². The zero-order valence-corrected chi connectivity index (χ0v) is 19.4. The van der Waals surface area contributed by atoms with E-state index in [9.17, 15) is 9.18 Å². The second kappa shape index (κ2) is 10.7. The van der Waals surface area contributed by atoms with Crippen LogP contribution in [0, 0.1) is 11.7 Å². The van der Waals surface area contributed by atoms with Gasteiger partial charge in [-0.15, -0.1) is 0 Å². The average Bonchev–Trinajstić information content (AvgIpc) is 3.14. The number of aromatic nitrogens is 1. The lowest BCUT2D eigenvalue weighted by molar-refractivity contribution is 0.0737. The van der Waals surface area contributed by atoms with Crippen LogP contribution in [-0.4, -0.2) is 42.1 Å². The Kier molecular flexibility index (Phi) is 7.00. The SMILES string of the molecule is O=C(c1cccc(OCc2ccc(F)cc2)c1)N1CCOCC(Cc2cccc3cnccc23)C1. The zero-order chi connectivity index (χ0) is 24.0. The van der Waals surface area contributed by atoms with Crippen molar-refractivity contribution in [3.05, 3.63) is 108 Å². The standard InChI is InChI=1S/C29H27FN2O3/c30-26-9-7-21(8-10-26)20-35-27-6-2-4-24(16-27)29(33)32-13-14-34-19-22(18-32)15-23-3-1-5-25-17-31-12-11-28(23)25/h1-12,16-17,22H,13-15,18-20H2. The summed E-state index contributed by atoms with van der Waals surface area (Å²) in [4.78, 5) is 19.5. The van der Waals surface area contributed by atoms with E-state index in [0.29, 0.717) is 44.2 Å². The van der Waals surface area contributed by atoms with Crippen molar-refractivity contribution in [2.24, 2.45) is 5.92 Å². The molecule has 0 radical (unpaired) electrons. The summed E-state index contributed by atoms with van der Waals surface area (Å²) in [6.45, 7) is 2.61. The number of hydrogen-bond acceptors (Lipinski definition) is 4. The van der Waals surface area contributed by atoms with Gasteiger partial charge in [-0.2, -0.15) is 0 Å². The zero-order valence-electron chi connectivity index (χ0n) is 19.4. The van der Waals surface area contributed by atoms with Gasteiger partial charge < -0.3 is 14.4 Å². The third-order valence-corrected chi connectivity index (χ3v) is 6.30. The van der Waals surface area contributed by atoms with Crippen LogP contribution in [0.5, 0.6) is 5.75 Å². The number of fused-ring (bicyclic) bond motifs is 1. The van der Waals surface area contributed by atoms with E-state index in [4.69, 9.17) is 9.47 Å². The Bertz CT molecular complexity index is 1300. The molecule has 3 aromatic carbocycles.